The van der Waals surface area contributed by atoms with Crippen LogP contribution in [0.25, 0.3) is 11.3 Å². The molecule has 1 aromatic carbocycles. The van der Waals surface area contributed by atoms with E-state index in [0.29, 0.717) is 27.7 Å². The summed E-state index contributed by atoms with van der Waals surface area (Å²) in [5.41, 5.74) is 2.57. The molecule has 0 saturated heterocycles. The predicted octanol–water partition coefficient (Wildman–Crippen LogP) is 3.69. The van der Waals surface area contributed by atoms with Gasteiger partial charge in [-0.05, 0) is 35.7 Å². The highest BCUT2D eigenvalue weighted by Gasteiger charge is 2.19. The van der Waals surface area contributed by atoms with E-state index < -0.39 is 4.92 Å². The Labute approximate surface area is 151 Å². The molecule has 0 aliphatic carbocycles. The van der Waals surface area contributed by atoms with E-state index in [1.807, 2.05) is 0 Å². The number of furan rings is 1. The van der Waals surface area contributed by atoms with Crippen LogP contribution in [0.5, 0.6) is 5.75 Å². The van der Waals surface area contributed by atoms with E-state index in [4.69, 9.17) is 9.15 Å². The molecule has 0 unspecified atom stereocenters. The molecule has 3 aromatic rings. The Morgan fingerprint density at radius 2 is 2.19 bits per heavy atom. The average Bonchev–Trinajstić information content (AvgIpc) is 3.33. The van der Waals surface area contributed by atoms with Crippen LogP contribution in [0.3, 0.4) is 0 Å². The first-order valence-corrected chi connectivity index (χ1v) is 8.26. The molecule has 8 nitrogen and oxygen atoms in total. The van der Waals surface area contributed by atoms with E-state index in [-0.39, 0.29) is 11.6 Å². The number of hydrogen-bond donors (Lipinski definition) is 1. The lowest BCUT2D eigenvalue weighted by molar-refractivity contribution is -0.384. The first-order valence-electron chi connectivity index (χ1n) is 7.38. The Hall–Kier alpha value is -3.46. The standard InChI is InChI=1S/C17H13N3O5S/c1-24-11-4-6-13(14(9-11)20(22)23)15-7-5-12(25-15)10-18-19-17(21)16-3-2-8-26-16/h2-10H,1H3,(H,19,21)/b18-10-. The Bertz CT molecular complexity index is 963. The molecule has 132 valence electrons. The van der Waals surface area contributed by atoms with Crippen molar-refractivity contribution in [3.63, 3.8) is 0 Å². The molecule has 0 saturated carbocycles. The number of carbonyl (C=O) groups is 1. The second-order valence-electron chi connectivity index (χ2n) is 5.02. The maximum Gasteiger partial charge on any atom is 0.284 e. The van der Waals surface area contributed by atoms with Gasteiger partial charge in [0.05, 0.1) is 34.8 Å². The lowest BCUT2D eigenvalue weighted by atomic mass is 10.1. The summed E-state index contributed by atoms with van der Waals surface area (Å²) in [5.74, 6) is 0.709. The van der Waals surface area contributed by atoms with Crippen LogP contribution in [0.2, 0.25) is 0 Å². The molecule has 0 radical (unpaired) electrons. The van der Waals surface area contributed by atoms with Gasteiger partial charge < -0.3 is 9.15 Å². The third kappa shape index (κ3) is 3.78. The van der Waals surface area contributed by atoms with Crippen molar-refractivity contribution in [3.8, 4) is 17.1 Å². The molecule has 0 atom stereocenters. The fourth-order valence-corrected chi connectivity index (χ4v) is 2.80. The molecular formula is C17H13N3O5S. The number of nitrogens with zero attached hydrogens (tertiary/aromatic N) is 2. The van der Waals surface area contributed by atoms with E-state index in [1.54, 1.807) is 41.8 Å². The fraction of sp³-hybridized carbons (Fsp3) is 0.0588. The zero-order chi connectivity index (χ0) is 18.5. The van der Waals surface area contributed by atoms with Gasteiger partial charge in [-0.25, -0.2) is 5.43 Å². The molecule has 2 aromatic heterocycles. The minimum Gasteiger partial charge on any atom is -0.497 e. The molecule has 0 fully saturated rings. The highest BCUT2D eigenvalue weighted by molar-refractivity contribution is 7.12. The van der Waals surface area contributed by atoms with E-state index in [2.05, 4.69) is 10.5 Å². The molecule has 0 spiro atoms. The van der Waals surface area contributed by atoms with Crippen molar-refractivity contribution in [1.29, 1.82) is 0 Å². The van der Waals surface area contributed by atoms with E-state index in [1.165, 1.54) is 30.7 Å². The van der Waals surface area contributed by atoms with E-state index >= 15 is 0 Å². The quantitative estimate of drug-likeness (QED) is 0.404. The number of benzene rings is 1. The van der Waals surface area contributed by atoms with Crippen LogP contribution < -0.4 is 10.2 Å². The van der Waals surface area contributed by atoms with Crippen LogP contribution in [0.1, 0.15) is 15.4 Å². The van der Waals surface area contributed by atoms with Crippen LogP contribution in [0.15, 0.2) is 57.4 Å². The summed E-state index contributed by atoms with van der Waals surface area (Å²) in [5, 5.41) is 16.9. The topological polar surface area (TPSA) is 107 Å². The lowest BCUT2D eigenvalue weighted by Gasteiger charge is -2.03. The number of carbonyl (C=O) groups excluding carboxylic acids is 1. The number of nitrogens with one attached hydrogen (secondary N) is 1. The van der Waals surface area contributed by atoms with Crippen molar-refractivity contribution in [2.24, 2.45) is 5.10 Å². The number of nitro benzene ring substituents is 1. The van der Waals surface area contributed by atoms with Gasteiger partial charge in [0, 0.05) is 0 Å². The van der Waals surface area contributed by atoms with E-state index in [0.717, 1.165) is 0 Å². The van der Waals surface area contributed by atoms with Crippen LogP contribution in [-0.4, -0.2) is 24.2 Å². The zero-order valence-corrected chi connectivity index (χ0v) is 14.4. The Kier molecular flexibility index (Phi) is 5.09. The monoisotopic (exact) mass is 371 g/mol. The second-order valence-corrected chi connectivity index (χ2v) is 5.97. The molecule has 0 aliphatic heterocycles. The molecule has 2 heterocycles. The third-order valence-corrected chi connectivity index (χ3v) is 4.27. The van der Waals surface area contributed by atoms with Crippen molar-refractivity contribution in [2.45, 2.75) is 0 Å². The number of nitro groups is 1. The van der Waals surface area contributed by atoms with E-state index in [9.17, 15) is 14.9 Å². The second kappa shape index (κ2) is 7.62. The van der Waals surface area contributed by atoms with Crippen LogP contribution in [0, 0.1) is 10.1 Å². The van der Waals surface area contributed by atoms with Crippen molar-refractivity contribution in [2.75, 3.05) is 7.11 Å². The number of amides is 1. The molecule has 0 bridgehead atoms. The number of methoxy groups -OCH3 is 1. The highest BCUT2D eigenvalue weighted by Crippen LogP contribution is 2.33. The van der Waals surface area contributed by atoms with Crippen molar-refractivity contribution < 1.29 is 18.9 Å². The summed E-state index contributed by atoms with van der Waals surface area (Å²) in [6, 6.07) is 11.1. The van der Waals surface area contributed by atoms with Gasteiger partial charge in [0.25, 0.3) is 11.6 Å². The molecule has 26 heavy (non-hydrogen) atoms. The first-order chi connectivity index (χ1) is 12.6. The molecule has 1 amide bonds. The van der Waals surface area contributed by atoms with Gasteiger partial charge in [0.2, 0.25) is 0 Å². The maximum atomic E-state index is 11.8. The number of thiophene rings is 1. The minimum absolute atomic E-state index is 0.131. The Balaban J connectivity index is 1.77. The van der Waals surface area contributed by atoms with Gasteiger partial charge in [-0.2, -0.15) is 5.10 Å². The summed E-state index contributed by atoms with van der Waals surface area (Å²) in [7, 11) is 1.44. The summed E-state index contributed by atoms with van der Waals surface area (Å²) >= 11 is 1.30. The Morgan fingerprint density at radius 3 is 2.88 bits per heavy atom. The molecular weight excluding hydrogens is 358 g/mol. The van der Waals surface area contributed by atoms with Gasteiger partial charge >= 0.3 is 0 Å². The summed E-state index contributed by atoms with van der Waals surface area (Å²) in [6.45, 7) is 0. The maximum absolute atomic E-state index is 11.8. The van der Waals surface area contributed by atoms with Gasteiger partial charge in [-0.1, -0.05) is 6.07 Å². The van der Waals surface area contributed by atoms with Gasteiger partial charge in [0.15, 0.2) is 0 Å². The molecule has 9 heteroatoms. The van der Waals surface area contributed by atoms with Crippen LogP contribution in [-0.2, 0) is 0 Å². The van der Waals surface area contributed by atoms with Crippen molar-refractivity contribution >= 4 is 29.1 Å². The summed E-state index contributed by atoms with van der Waals surface area (Å²) < 4.78 is 10.6. The number of rotatable bonds is 6. The molecule has 1 N–H and O–H groups in total. The highest BCUT2D eigenvalue weighted by atomic mass is 32.1. The number of hydrazone groups is 1. The van der Waals surface area contributed by atoms with Gasteiger partial charge in [-0.3, -0.25) is 14.9 Å². The van der Waals surface area contributed by atoms with Crippen molar-refractivity contribution in [1.82, 2.24) is 5.43 Å². The van der Waals surface area contributed by atoms with Gasteiger partial charge in [0.1, 0.15) is 17.3 Å². The number of hydrogen-bond acceptors (Lipinski definition) is 7. The smallest absolute Gasteiger partial charge is 0.284 e. The van der Waals surface area contributed by atoms with Crippen LogP contribution in [0.4, 0.5) is 5.69 Å². The fourth-order valence-electron chi connectivity index (χ4n) is 2.18. The predicted molar refractivity (Wildman–Crippen MR) is 96.7 cm³/mol. The molecule has 3 rings (SSSR count). The number of ether oxygens (including phenoxy) is 1. The first kappa shape index (κ1) is 17.4. The van der Waals surface area contributed by atoms with Crippen molar-refractivity contribution in [3.05, 3.63) is 68.6 Å². The average molecular weight is 371 g/mol. The SMILES string of the molecule is COc1ccc(-c2ccc(/C=N\NC(=O)c3cccs3)o2)c([N+](=O)[O-])c1. The lowest BCUT2D eigenvalue weighted by Crippen LogP contribution is -2.15. The minimum atomic E-state index is -0.505. The Morgan fingerprint density at radius 1 is 1.35 bits per heavy atom. The molecule has 0 aliphatic rings. The zero-order valence-electron chi connectivity index (χ0n) is 13.5. The van der Waals surface area contributed by atoms with Crippen LogP contribution >= 0.6 is 11.3 Å². The normalized spacial score (nSPS) is 10.8. The largest absolute Gasteiger partial charge is 0.497 e. The van der Waals surface area contributed by atoms with Gasteiger partial charge in [-0.15, -0.1) is 11.3 Å². The summed E-state index contributed by atoms with van der Waals surface area (Å²) in [4.78, 5) is 23.1. The summed E-state index contributed by atoms with van der Waals surface area (Å²) in [6.07, 6.45) is 1.32. The third-order valence-electron chi connectivity index (χ3n) is 3.40.